The van der Waals surface area contributed by atoms with Crippen molar-refractivity contribution in [2.24, 2.45) is 5.92 Å². The van der Waals surface area contributed by atoms with Crippen molar-refractivity contribution in [1.29, 1.82) is 0 Å². The molecule has 35 heavy (non-hydrogen) atoms. The van der Waals surface area contributed by atoms with Gasteiger partial charge in [-0.15, -0.1) is 0 Å². The van der Waals surface area contributed by atoms with E-state index in [-0.39, 0.29) is 11.8 Å². The lowest BCUT2D eigenvalue weighted by molar-refractivity contribution is -0.118. The van der Waals surface area contributed by atoms with Crippen LogP contribution in [0, 0.1) is 24.5 Å². The Labute approximate surface area is 210 Å². The van der Waals surface area contributed by atoms with E-state index in [9.17, 15) is 13.6 Å². The summed E-state index contributed by atoms with van der Waals surface area (Å²) in [5.41, 5.74) is 4.71. The fourth-order valence-corrected chi connectivity index (χ4v) is 5.27. The van der Waals surface area contributed by atoms with Crippen LogP contribution in [0.5, 0.6) is 0 Å². The molecule has 1 amide bonds. The number of nitrogens with one attached hydrogen (secondary N) is 1. The first-order chi connectivity index (χ1) is 16.8. The highest BCUT2D eigenvalue weighted by molar-refractivity contribution is 7.99. The Hall–Kier alpha value is -2.70. The van der Waals surface area contributed by atoms with Crippen LogP contribution >= 0.6 is 11.8 Å². The molecule has 3 aromatic carbocycles. The van der Waals surface area contributed by atoms with Crippen LogP contribution in [0.2, 0.25) is 0 Å². The molecule has 0 spiro atoms. The first-order valence-electron chi connectivity index (χ1n) is 12.1. The van der Waals surface area contributed by atoms with Crippen molar-refractivity contribution in [3.05, 3.63) is 89.0 Å². The summed E-state index contributed by atoms with van der Waals surface area (Å²) in [6.45, 7) is 8.86. The zero-order valence-corrected chi connectivity index (χ0v) is 21.3. The van der Waals surface area contributed by atoms with E-state index in [0.717, 1.165) is 49.1 Å². The molecule has 6 heteroatoms. The van der Waals surface area contributed by atoms with Gasteiger partial charge in [-0.05, 0) is 91.9 Å². The van der Waals surface area contributed by atoms with Crippen LogP contribution in [0.1, 0.15) is 49.3 Å². The number of rotatable bonds is 7. The zero-order chi connectivity index (χ0) is 24.9. The number of halogens is 2. The van der Waals surface area contributed by atoms with Crippen LogP contribution in [-0.4, -0.2) is 23.9 Å². The molecule has 4 rings (SSSR count). The zero-order valence-electron chi connectivity index (χ0n) is 20.5. The minimum atomic E-state index is -0.563. The Kier molecular flexibility index (Phi) is 8.24. The number of likely N-dealkylation sites (tertiary alicyclic amines) is 1. The standard InChI is InChI=1S/C29H32F2N2OS/c1-19(2)29(34)32-24-8-4-20(3)26(17-24)22-12-14-33(15-13-22)18-21-5-9-25(10-6-21)35-28-11-7-23(30)16-27(28)31/h4-11,16-17,19,22H,12-15,18H2,1-3H3,(H,32,34). The maximum absolute atomic E-state index is 13.9. The normalized spacial score (nSPS) is 14.9. The first-order valence-corrected chi connectivity index (χ1v) is 13.0. The van der Waals surface area contributed by atoms with Crippen molar-refractivity contribution >= 4 is 23.4 Å². The molecule has 1 N–H and O–H groups in total. The van der Waals surface area contributed by atoms with E-state index in [1.807, 2.05) is 32.0 Å². The quantitative estimate of drug-likeness (QED) is 0.371. The second-order valence-electron chi connectivity index (χ2n) is 9.59. The molecule has 0 atom stereocenters. The Morgan fingerprint density at radius 3 is 2.40 bits per heavy atom. The fourth-order valence-electron chi connectivity index (χ4n) is 4.45. The molecule has 1 fully saturated rings. The van der Waals surface area contributed by atoms with Gasteiger partial charge < -0.3 is 5.32 Å². The van der Waals surface area contributed by atoms with E-state index in [4.69, 9.17) is 0 Å². The number of piperidine rings is 1. The van der Waals surface area contributed by atoms with Crippen LogP contribution in [0.25, 0.3) is 0 Å². The van der Waals surface area contributed by atoms with Crippen molar-refractivity contribution in [3.8, 4) is 0 Å². The second-order valence-corrected chi connectivity index (χ2v) is 10.7. The average molecular weight is 495 g/mol. The molecule has 1 aliphatic rings. The monoisotopic (exact) mass is 494 g/mol. The lowest BCUT2D eigenvalue weighted by atomic mass is 9.86. The SMILES string of the molecule is Cc1ccc(NC(=O)C(C)C)cc1C1CCN(Cc2ccc(Sc3ccc(F)cc3F)cc2)CC1. The van der Waals surface area contributed by atoms with Crippen molar-refractivity contribution in [2.75, 3.05) is 18.4 Å². The van der Waals surface area contributed by atoms with Gasteiger partial charge >= 0.3 is 0 Å². The van der Waals surface area contributed by atoms with Crippen molar-refractivity contribution in [3.63, 3.8) is 0 Å². The van der Waals surface area contributed by atoms with E-state index in [0.29, 0.717) is 10.8 Å². The summed E-state index contributed by atoms with van der Waals surface area (Å²) < 4.78 is 27.0. The molecule has 0 aliphatic carbocycles. The molecule has 1 saturated heterocycles. The van der Waals surface area contributed by atoms with Gasteiger partial charge in [-0.3, -0.25) is 9.69 Å². The highest BCUT2D eigenvalue weighted by atomic mass is 32.2. The molecule has 0 saturated carbocycles. The average Bonchev–Trinajstić information content (AvgIpc) is 2.84. The molecular formula is C29H32F2N2OS. The van der Waals surface area contributed by atoms with Crippen molar-refractivity contribution < 1.29 is 13.6 Å². The molecule has 184 valence electrons. The van der Waals surface area contributed by atoms with Crippen LogP contribution in [0.15, 0.2) is 70.5 Å². The number of carbonyl (C=O) groups is 1. The van der Waals surface area contributed by atoms with Gasteiger partial charge in [0.1, 0.15) is 11.6 Å². The van der Waals surface area contributed by atoms with Gasteiger partial charge in [-0.25, -0.2) is 8.78 Å². The summed E-state index contributed by atoms with van der Waals surface area (Å²) in [6, 6.07) is 18.1. The molecule has 0 aromatic heterocycles. The highest BCUT2D eigenvalue weighted by Crippen LogP contribution is 2.33. The van der Waals surface area contributed by atoms with Crippen molar-refractivity contribution in [2.45, 2.75) is 55.9 Å². The van der Waals surface area contributed by atoms with Gasteiger partial charge in [0, 0.05) is 34.0 Å². The van der Waals surface area contributed by atoms with Gasteiger partial charge in [-0.1, -0.05) is 43.8 Å². The maximum atomic E-state index is 13.9. The van der Waals surface area contributed by atoms with E-state index in [1.54, 1.807) is 0 Å². The van der Waals surface area contributed by atoms with Gasteiger partial charge in [0.2, 0.25) is 5.91 Å². The summed E-state index contributed by atoms with van der Waals surface area (Å²) in [7, 11) is 0. The van der Waals surface area contributed by atoms with Gasteiger partial charge in [-0.2, -0.15) is 0 Å². The summed E-state index contributed by atoms with van der Waals surface area (Å²) in [5, 5.41) is 3.03. The summed E-state index contributed by atoms with van der Waals surface area (Å²) in [6.07, 6.45) is 2.17. The second kappa shape index (κ2) is 11.4. The third kappa shape index (κ3) is 6.71. The molecule has 3 aromatic rings. The van der Waals surface area contributed by atoms with E-state index < -0.39 is 11.6 Å². The lowest BCUT2D eigenvalue weighted by Crippen LogP contribution is -2.32. The molecule has 0 bridgehead atoms. The van der Waals surface area contributed by atoms with Crippen molar-refractivity contribution in [1.82, 2.24) is 4.90 Å². The number of anilines is 1. The third-order valence-electron chi connectivity index (χ3n) is 6.55. The van der Waals surface area contributed by atoms with Crippen LogP contribution in [-0.2, 0) is 11.3 Å². The number of carbonyl (C=O) groups excluding carboxylic acids is 1. The minimum Gasteiger partial charge on any atom is -0.326 e. The van der Waals surface area contributed by atoms with E-state index in [1.165, 1.54) is 40.6 Å². The van der Waals surface area contributed by atoms with E-state index >= 15 is 0 Å². The molecular weight excluding hydrogens is 462 g/mol. The summed E-state index contributed by atoms with van der Waals surface area (Å²) >= 11 is 1.30. The number of nitrogens with zero attached hydrogens (tertiary/aromatic N) is 1. The number of aryl methyl sites for hydroxylation is 1. The predicted molar refractivity (Wildman–Crippen MR) is 139 cm³/mol. The highest BCUT2D eigenvalue weighted by Gasteiger charge is 2.22. The predicted octanol–water partition coefficient (Wildman–Crippen LogP) is 7.40. The Morgan fingerprint density at radius 2 is 1.74 bits per heavy atom. The minimum absolute atomic E-state index is 0.0419. The fraction of sp³-hybridized carbons (Fsp3) is 0.345. The Balaban J connectivity index is 1.32. The van der Waals surface area contributed by atoms with Crippen LogP contribution in [0.3, 0.4) is 0 Å². The molecule has 0 unspecified atom stereocenters. The summed E-state index contributed by atoms with van der Waals surface area (Å²) in [5.74, 6) is -0.607. The lowest BCUT2D eigenvalue weighted by Gasteiger charge is -2.33. The van der Waals surface area contributed by atoms with Crippen LogP contribution < -0.4 is 5.32 Å². The largest absolute Gasteiger partial charge is 0.326 e. The van der Waals surface area contributed by atoms with E-state index in [2.05, 4.69) is 41.4 Å². The topological polar surface area (TPSA) is 32.3 Å². The van der Waals surface area contributed by atoms with Gasteiger partial charge in [0.05, 0.1) is 0 Å². The molecule has 3 nitrogen and oxygen atoms in total. The number of hydrogen-bond acceptors (Lipinski definition) is 3. The van der Waals surface area contributed by atoms with Gasteiger partial charge in [0.15, 0.2) is 0 Å². The van der Waals surface area contributed by atoms with Crippen LogP contribution in [0.4, 0.5) is 14.5 Å². The summed E-state index contributed by atoms with van der Waals surface area (Å²) in [4.78, 5) is 15.9. The maximum Gasteiger partial charge on any atom is 0.226 e. The molecule has 0 radical (unpaired) electrons. The number of amides is 1. The smallest absolute Gasteiger partial charge is 0.226 e. The Morgan fingerprint density at radius 1 is 1.03 bits per heavy atom. The first kappa shape index (κ1) is 25.4. The Bertz CT molecular complexity index is 1170. The van der Waals surface area contributed by atoms with Gasteiger partial charge in [0.25, 0.3) is 0 Å². The third-order valence-corrected chi connectivity index (χ3v) is 7.61. The number of hydrogen-bond donors (Lipinski definition) is 1. The molecule has 1 aliphatic heterocycles. The number of benzene rings is 3. The molecule has 1 heterocycles.